The van der Waals surface area contributed by atoms with E-state index in [0.29, 0.717) is 18.0 Å². The number of thiocarbonyl (C=S) groups is 1. The van der Waals surface area contributed by atoms with E-state index in [1.165, 1.54) is 0 Å². The first-order valence-corrected chi connectivity index (χ1v) is 7.71. The zero-order chi connectivity index (χ0) is 13.6. The molecule has 1 rings (SSSR count). The Morgan fingerprint density at radius 3 is 2.44 bits per heavy atom. The van der Waals surface area contributed by atoms with Crippen molar-refractivity contribution in [3.05, 3.63) is 29.8 Å². The van der Waals surface area contributed by atoms with Crippen molar-refractivity contribution in [2.45, 2.75) is 31.1 Å². The summed E-state index contributed by atoms with van der Waals surface area (Å²) in [6.07, 6.45) is 2.27. The molecular weight excluding hydrogens is 268 g/mol. The third kappa shape index (κ3) is 4.72. The number of nitrogens with one attached hydrogen (secondary N) is 1. The van der Waals surface area contributed by atoms with Gasteiger partial charge in [0.05, 0.1) is 9.88 Å². The average molecular weight is 286 g/mol. The summed E-state index contributed by atoms with van der Waals surface area (Å²) in [4.78, 5) is 0.664. The van der Waals surface area contributed by atoms with Crippen LogP contribution in [0, 0.1) is 0 Å². The van der Waals surface area contributed by atoms with Crippen molar-refractivity contribution in [2.24, 2.45) is 5.73 Å². The molecule has 0 bridgehead atoms. The first kappa shape index (κ1) is 15.1. The van der Waals surface area contributed by atoms with Gasteiger partial charge in [0.2, 0.25) is 10.0 Å². The lowest BCUT2D eigenvalue weighted by molar-refractivity contribution is 0.578. The molecule has 0 aliphatic carbocycles. The Morgan fingerprint density at radius 2 is 1.94 bits per heavy atom. The smallest absolute Gasteiger partial charge is 0.240 e. The van der Waals surface area contributed by atoms with Gasteiger partial charge in [0.25, 0.3) is 0 Å². The van der Waals surface area contributed by atoms with Crippen molar-refractivity contribution in [1.29, 1.82) is 0 Å². The summed E-state index contributed by atoms with van der Waals surface area (Å²) < 4.78 is 26.3. The van der Waals surface area contributed by atoms with E-state index in [9.17, 15) is 8.42 Å². The predicted octanol–water partition coefficient (Wildman–Crippen LogP) is 1.59. The molecule has 4 nitrogen and oxygen atoms in total. The minimum Gasteiger partial charge on any atom is -0.393 e. The van der Waals surface area contributed by atoms with E-state index in [0.717, 1.165) is 18.4 Å². The predicted molar refractivity (Wildman–Crippen MR) is 77.0 cm³/mol. The fraction of sp³-hybridized carbons (Fsp3) is 0.417. The summed E-state index contributed by atoms with van der Waals surface area (Å²) >= 11 is 4.80. The summed E-state index contributed by atoms with van der Waals surface area (Å²) in [5, 5.41) is 0. The minimum atomic E-state index is -3.39. The number of hydrogen-bond acceptors (Lipinski definition) is 3. The number of sulfonamides is 1. The van der Waals surface area contributed by atoms with E-state index in [1.54, 1.807) is 24.3 Å². The molecular formula is C12H18N2O2S2. The van der Waals surface area contributed by atoms with Crippen molar-refractivity contribution < 1.29 is 8.42 Å². The van der Waals surface area contributed by atoms with Gasteiger partial charge in [0.15, 0.2) is 0 Å². The molecule has 0 aliphatic rings. The van der Waals surface area contributed by atoms with Crippen LogP contribution in [0.2, 0.25) is 0 Å². The van der Waals surface area contributed by atoms with E-state index in [-0.39, 0.29) is 4.90 Å². The van der Waals surface area contributed by atoms with Crippen LogP contribution in [0.4, 0.5) is 0 Å². The molecule has 0 fully saturated rings. The number of hydrogen-bond donors (Lipinski definition) is 2. The topological polar surface area (TPSA) is 72.2 Å². The normalized spacial score (nSPS) is 11.4. The van der Waals surface area contributed by atoms with Gasteiger partial charge < -0.3 is 5.73 Å². The maximum absolute atomic E-state index is 11.9. The molecule has 0 spiro atoms. The summed E-state index contributed by atoms with van der Waals surface area (Å²) in [5.41, 5.74) is 6.34. The molecule has 3 N–H and O–H groups in total. The van der Waals surface area contributed by atoms with Gasteiger partial charge in [-0.3, -0.25) is 0 Å². The summed E-state index contributed by atoms with van der Waals surface area (Å²) in [5.74, 6) is 0. The summed E-state index contributed by atoms with van der Waals surface area (Å²) in [7, 11) is -3.39. The van der Waals surface area contributed by atoms with E-state index in [4.69, 9.17) is 18.0 Å². The fourth-order valence-electron chi connectivity index (χ4n) is 1.45. The molecule has 0 aromatic heterocycles. The van der Waals surface area contributed by atoms with Crippen LogP contribution < -0.4 is 10.5 Å². The molecule has 1 aromatic carbocycles. The molecule has 18 heavy (non-hydrogen) atoms. The van der Waals surface area contributed by atoms with Crippen LogP contribution >= 0.6 is 12.2 Å². The van der Waals surface area contributed by atoms with Crippen molar-refractivity contribution in [3.8, 4) is 0 Å². The molecule has 0 saturated heterocycles. The number of rotatable bonds is 7. The second-order valence-electron chi connectivity index (χ2n) is 4.04. The lowest BCUT2D eigenvalue weighted by Gasteiger charge is -2.07. The molecule has 0 radical (unpaired) electrons. The molecule has 1 aromatic rings. The first-order valence-electron chi connectivity index (χ1n) is 5.82. The molecule has 0 aliphatic heterocycles. The van der Waals surface area contributed by atoms with Crippen LogP contribution in [-0.2, 0) is 16.4 Å². The second-order valence-corrected chi connectivity index (χ2v) is 6.33. The van der Waals surface area contributed by atoms with Gasteiger partial charge in [-0.05, 0) is 24.1 Å². The largest absolute Gasteiger partial charge is 0.393 e. The Bertz CT molecular complexity index is 495. The fourth-order valence-corrected chi connectivity index (χ4v) is 2.70. The van der Waals surface area contributed by atoms with E-state index >= 15 is 0 Å². The van der Waals surface area contributed by atoms with Crippen molar-refractivity contribution >= 4 is 27.2 Å². The van der Waals surface area contributed by atoms with Gasteiger partial charge >= 0.3 is 0 Å². The Morgan fingerprint density at radius 1 is 1.33 bits per heavy atom. The molecule has 6 heteroatoms. The number of nitrogens with two attached hydrogens (primary N) is 1. The third-order valence-electron chi connectivity index (χ3n) is 2.43. The molecule has 0 amide bonds. The van der Waals surface area contributed by atoms with Crippen LogP contribution in [-0.4, -0.2) is 20.0 Å². The number of unbranched alkanes of at least 4 members (excludes halogenated alkanes) is 1. The number of benzene rings is 1. The highest BCUT2D eigenvalue weighted by atomic mass is 32.2. The van der Waals surface area contributed by atoms with E-state index < -0.39 is 10.0 Å². The molecule has 0 heterocycles. The molecule has 0 saturated carbocycles. The van der Waals surface area contributed by atoms with Gasteiger partial charge in [-0.2, -0.15) is 0 Å². The van der Waals surface area contributed by atoms with Crippen molar-refractivity contribution in [3.63, 3.8) is 0 Å². The van der Waals surface area contributed by atoms with Crippen LogP contribution in [0.25, 0.3) is 0 Å². The highest BCUT2D eigenvalue weighted by Gasteiger charge is 2.12. The Hall–Kier alpha value is -0.980. The maximum Gasteiger partial charge on any atom is 0.240 e. The SMILES string of the molecule is CCCCNS(=O)(=O)c1ccc(CC(N)=S)cc1. The van der Waals surface area contributed by atoms with Crippen LogP contribution in [0.1, 0.15) is 25.3 Å². The van der Waals surface area contributed by atoms with Gasteiger partial charge in [0.1, 0.15) is 0 Å². The van der Waals surface area contributed by atoms with Crippen LogP contribution in [0.3, 0.4) is 0 Å². The Labute approximate surface area is 114 Å². The van der Waals surface area contributed by atoms with E-state index in [2.05, 4.69) is 4.72 Å². The highest BCUT2D eigenvalue weighted by molar-refractivity contribution is 7.89. The summed E-state index contributed by atoms with van der Waals surface area (Å²) in [6, 6.07) is 6.60. The van der Waals surface area contributed by atoms with Crippen molar-refractivity contribution in [1.82, 2.24) is 4.72 Å². The van der Waals surface area contributed by atoms with Crippen molar-refractivity contribution in [2.75, 3.05) is 6.54 Å². The van der Waals surface area contributed by atoms with Crippen LogP contribution in [0.15, 0.2) is 29.2 Å². The van der Waals surface area contributed by atoms with Gasteiger partial charge in [-0.1, -0.05) is 37.7 Å². The average Bonchev–Trinajstić information content (AvgIpc) is 2.29. The quantitative estimate of drug-likeness (QED) is 0.590. The third-order valence-corrected chi connectivity index (χ3v) is 4.06. The molecule has 100 valence electrons. The van der Waals surface area contributed by atoms with Gasteiger partial charge in [-0.25, -0.2) is 13.1 Å². The minimum absolute atomic E-state index is 0.269. The zero-order valence-corrected chi connectivity index (χ0v) is 12.0. The lowest BCUT2D eigenvalue weighted by Crippen LogP contribution is -2.24. The van der Waals surface area contributed by atoms with Crippen LogP contribution in [0.5, 0.6) is 0 Å². The Kier molecular flexibility index (Phi) is 5.71. The highest BCUT2D eigenvalue weighted by Crippen LogP contribution is 2.11. The second kappa shape index (κ2) is 6.82. The van der Waals surface area contributed by atoms with Gasteiger partial charge in [0, 0.05) is 13.0 Å². The van der Waals surface area contributed by atoms with E-state index in [1.807, 2.05) is 6.92 Å². The maximum atomic E-state index is 11.9. The first-order chi connectivity index (χ1) is 8.45. The zero-order valence-electron chi connectivity index (χ0n) is 10.3. The standard InChI is InChI=1S/C12H18N2O2S2/c1-2-3-8-14-18(15,16)11-6-4-10(5-7-11)9-12(13)17/h4-7,14H,2-3,8-9H2,1H3,(H2,13,17). The van der Waals surface area contributed by atoms with Gasteiger partial charge in [-0.15, -0.1) is 0 Å². The molecule has 0 atom stereocenters. The summed E-state index contributed by atoms with van der Waals surface area (Å²) in [6.45, 7) is 2.48. The molecule has 0 unspecified atom stereocenters. The Balaban J connectivity index is 2.74. The monoisotopic (exact) mass is 286 g/mol. The lowest BCUT2D eigenvalue weighted by atomic mass is 10.1.